The van der Waals surface area contributed by atoms with Gasteiger partial charge in [-0.3, -0.25) is 9.69 Å². The number of hydrogen-bond donors (Lipinski definition) is 2. The third-order valence-electron chi connectivity index (χ3n) is 6.20. The molecule has 4 atom stereocenters. The predicted octanol–water partition coefficient (Wildman–Crippen LogP) is 2.79. The highest BCUT2D eigenvalue weighted by molar-refractivity contribution is 6.31. The summed E-state index contributed by atoms with van der Waals surface area (Å²) in [5, 5.41) is 13.4. The second-order valence-electron chi connectivity index (χ2n) is 7.08. The first-order chi connectivity index (χ1) is 10.5. The molecule has 2 N–H and O–H groups in total. The van der Waals surface area contributed by atoms with E-state index in [0.29, 0.717) is 16.5 Å². The molecule has 3 unspecified atom stereocenters. The molecule has 1 saturated heterocycles. The third kappa shape index (κ3) is 1.90. The molecule has 118 valence electrons. The second kappa shape index (κ2) is 4.87. The molecule has 1 aromatic carbocycles. The lowest BCUT2D eigenvalue weighted by atomic mass is 9.47. The first-order valence-corrected chi connectivity index (χ1v) is 8.40. The van der Waals surface area contributed by atoms with Crippen LogP contribution in [0.2, 0.25) is 5.02 Å². The molecule has 5 heteroatoms. The fourth-order valence-electron chi connectivity index (χ4n) is 4.96. The Morgan fingerprint density at radius 1 is 1.36 bits per heavy atom. The number of likely N-dealkylation sites (tertiary alicyclic amines) is 1. The summed E-state index contributed by atoms with van der Waals surface area (Å²) in [5.41, 5.74) is 0.810. The molecule has 3 fully saturated rings. The van der Waals surface area contributed by atoms with E-state index in [1.807, 2.05) is 0 Å². The van der Waals surface area contributed by atoms with Crippen molar-refractivity contribution in [2.75, 3.05) is 7.05 Å². The lowest BCUT2D eigenvalue weighted by Crippen LogP contribution is -2.77. The van der Waals surface area contributed by atoms with E-state index in [9.17, 15) is 9.90 Å². The number of carbonyl (C=O) groups is 1. The SMILES string of the molecule is CN1C2CCC23CC[C@@H](NC(=O)c2cc(Cl)ccc2O)CC13. The minimum absolute atomic E-state index is 0.0194. The van der Waals surface area contributed by atoms with Crippen LogP contribution in [0.25, 0.3) is 0 Å². The van der Waals surface area contributed by atoms with Crippen molar-refractivity contribution in [3.05, 3.63) is 28.8 Å². The molecule has 1 heterocycles. The number of nitrogens with zero attached hydrogens (tertiary/aromatic N) is 1. The summed E-state index contributed by atoms with van der Waals surface area (Å²) in [6.45, 7) is 0. The molecule has 2 saturated carbocycles. The zero-order valence-electron chi connectivity index (χ0n) is 12.7. The van der Waals surface area contributed by atoms with Crippen LogP contribution in [0.5, 0.6) is 5.75 Å². The van der Waals surface area contributed by atoms with E-state index in [4.69, 9.17) is 11.6 Å². The topological polar surface area (TPSA) is 52.6 Å². The lowest BCUT2D eigenvalue weighted by molar-refractivity contribution is -0.214. The smallest absolute Gasteiger partial charge is 0.255 e. The second-order valence-corrected chi connectivity index (χ2v) is 7.51. The summed E-state index contributed by atoms with van der Waals surface area (Å²) in [4.78, 5) is 14.9. The first-order valence-electron chi connectivity index (χ1n) is 8.02. The van der Waals surface area contributed by atoms with Gasteiger partial charge in [0, 0.05) is 28.6 Å². The molecule has 2 aliphatic carbocycles. The number of phenolic OH excluding ortho intramolecular Hbond substituents is 1. The number of aromatic hydroxyl groups is 1. The number of nitrogens with one attached hydrogen (secondary N) is 1. The van der Waals surface area contributed by atoms with Crippen LogP contribution < -0.4 is 5.32 Å². The molecule has 0 radical (unpaired) electrons. The number of piperidine rings is 1. The van der Waals surface area contributed by atoms with Crippen molar-refractivity contribution in [1.29, 1.82) is 0 Å². The summed E-state index contributed by atoms with van der Waals surface area (Å²) < 4.78 is 0. The average Bonchev–Trinajstić information content (AvgIpc) is 2.48. The van der Waals surface area contributed by atoms with E-state index in [1.165, 1.54) is 31.4 Å². The maximum atomic E-state index is 12.4. The van der Waals surface area contributed by atoms with Gasteiger partial charge in [0.15, 0.2) is 0 Å². The lowest BCUT2D eigenvalue weighted by Gasteiger charge is -2.72. The van der Waals surface area contributed by atoms with Gasteiger partial charge in [-0.2, -0.15) is 0 Å². The van der Waals surface area contributed by atoms with Crippen molar-refractivity contribution < 1.29 is 9.90 Å². The van der Waals surface area contributed by atoms with Gasteiger partial charge in [0.1, 0.15) is 5.75 Å². The van der Waals surface area contributed by atoms with Gasteiger partial charge < -0.3 is 10.4 Å². The molecule has 1 aliphatic heterocycles. The van der Waals surface area contributed by atoms with Gasteiger partial charge in [0.2, 0.25) is 0 Å². The molecule has 0 bridgehead atoms. The van der Waals surface area contributed by atoms with Crippen molar-refractivity contribution in [1.82, 2.24) is 10.2 Å². The number of carbonyl (C=O) groups excluding carboxylic acids is 1. The number of amides is 1. The first kappa shape index (κ1) is 14.3. The normalized spacial score (nSPS) is 36.5. The van der Waals surface area contributed by atoms with E-state index < -0.39 is 0 Å². The Labute approximate surface area is 135 Å². The Morgan fingerprint density at radius 3 is 2.86 bits per heavy atom. The number of hydrogen-bond acceptors (Lipinski definition) is 3. The molecule has 4 rings (SSSR count). The van der Waals surface area contributed by atoms with Crippen molar-refractivity contribution in [3.63, 3.8) is 0 Å². The average molecular weight is 321 g/mol. The molecule has 1 spiro atoms. The molecule has 1 amide bonds. The Hall–Kier alpha value is -1.26. The Balaban J connectivity index is 1.44. The highest BCUT2D eigenvalue weighted by Crippen LogP contribution is 2.62. The zero-order valence-corrected chi connectivity index (χ0v) is 13.4. The number of benzene rings is 1. The van der Waals surface area contributed by atoms with Gasteiger partial charge in [-0.05, 0) is 57.4 Å². The predicted molar refractivity (Wildman–Crippen MR) is 85.2 cm³/mol. The number of phenols is 1. The summed E-state index contributed by atoms with van der Waals surface area (Å²) in [5.74, 6) is -0.248. The zero-order chi connectivity index (χ0) is 15.5. The maximum absolute atomic E-state index is 12.4. The van der Waals surface area contributed by atoms with Crippen LogP contribution in [0.15, 0.2) is 18.2 Å². The van der Waals surface area contributed by atoms with Crippen LogP contribution in [-0.4, -0.2) is 41.1 Å². The van der Waals surface area contributed by atoms with E-state index in [1.54, 1.807) is 6.07 Å². The quantitative estimate of drug-likeness (QED) is 0.881. The Morgan fingerprint density at radius 2 is 2.14 bits per heavy atom. The van der Waals surface area contributed by atoms with E-state index in [-0.39, 0.29) is 23.3 Å². The van der Waals surface area contributed by atoms with Crippen LogP contribution >= 0.6 is 11.6 Å². The fourth-order valence-corrected chi connectivity index (χ4v) is 5.13. The van der Waals surface area contributed by atoms with E-state index in [2.05, 4.69) is 17.3 Å². The van der Waals surface area contributed by atoms with Crippen molar-refractivity contribution in [2.24, 2.45) is 5.41 Å². The summed E-state index contributed by atoms with van der Waals surface area (Å²) >= 11 is 5.92. The van der Waals surface area contributed by atoms with Crippen molar-refractivity contribution >= 4 is 17.5 Å². The van der Waals surface area contributed by atoms with Gasteiger partial charge >= 0.3 is 0 Å². The van der Waals surface area contributed by atoms with Gasteiger partial charge in [0.25, 0.3) is 5.91 Å². The Kier molecular flexibility index (Phi) is 3.17. The highest BCUT2D eigenvalue weighted by atomic mass is 35.5. The van der Waals surface area contributed by atoms with Crippen LogP contribution in [0.3, 0.4) is 0 Å². The van der Waals surface area contributed by atoms with Gasteiger partial charge in [-0.1, -0.05) is 11.6 Å². The molecule has 0 aromatic heterocycles. The van der Waals surface area contributed by atoms with Crippen LogP contribution in [-0.2, 0) is 0 Å². The molecule has 4 nitrogen and oxygen atoms in total. The van der Waals surface area contributed by atoms with Crippen molar-refractivity contribution in [2.45, 2.75) is 50.2 Å². The molecule has 22 heavy (non-hydrogen) atoms. The summed E-state index contributed by atoms with van der Waals surface area (Å²) in [6.07, 6.45) is 5.94. The van der Waals surface area contributed by atoms with Crippen LogP contribution in [0.4, 0.5) is 0 Å². The van der Waals surface area contributed by atoms with Crippen LogP contribution in [0, 0.1) is 5.41 Å². The summed E-state index contributed by atoms with van der Waals surface area (Å²) in [7, 11) is 2.21. The van der Waals surface area contributed by atoms with Gasteiger partial charge in [0.05, 0.1) is 5.56 Å². The van der Waals surface area contributed by atoms with Crippen molar-refractivity contribution in [3.8, 4) is 5.75 Å². The number of rotatable bonds is 2. The van der Waals surface area contributed by atoms with Gasteiger partial charge in [-0.15, -0.1) is 0 Å². The van der Waals surface area contributed by atoms with Gasteiger partial charge in [-0.25, -0.2) is 0 Å². The standard InChI is InChI=1S/C17H21ClN2O2/c1-20-14-5-7-17(14)6-4-11(9-15(17)20)19-16(22)12-8-10(18)2-3-13(12)21/h2-3,8,11,14-15,21H,4-7,9H2,1H3,(H,19,22)/t11-,14?,15?,17?/m1/s1. The largest absolute Gasteiger partial charge is 0.507 e. The third-order valence-corrected chi connectivity index (χ3v) is 6.43. The van der Waals surface area contributed by atoms with Crippen LogP contribution in [0.1, 0.15) is 42.5 Å². The molecular formula is C17H21ClN2O2. The number of halogens is 1. The molecule has 1 aromatic rings. The maximum Gasteiger partial charge on any atom is 0.255 e. The minimum atomic E-state index is -0.229. The fraction of sp³-hybridized carbons (Fsp3) is 0.588. The minimum Gasteiger partial charge on any atom is -0.507 e. The monoisotopic (exact) mass is 320 g/mol. The van der Waals surface area contributed by atoms with E-state index in [0.717, 1.165) is 18.9 Å². The summed E-state index contributed by atoms with van der Waals surface area (Å²) in [6, 6.07) is 6.15. The Bertz CT molecular complexity index is 635. The molecular weight excluding hydrogens is 300 g/mol. The highest BCUT2D eigenvalue weighted by Gasteiger charge is 2.65. The van der Waals surface area contributed by atoms with E-state index >= 15 is 0 Å². The molecule has 3 aliphatic rings.